The summed E-state index contributed by atoms with van der Waals surface area (Å²) in [6, 6.07) is 4.10. The van der Waals surface area contributed by atoms with Crippen LogP contribution in [0.2, 0.25) is 0 Å². The molecule has 1 aromatic carbocycles. The monoisotopic (exact) mass is 335 g/mol. The Labute approximate surface area is 117 Å². The summed E-state index contributed by atoms with van der Waals surface area (Å²) in [5.74, 6) is 0. The van der Waals surface area contributed by atoms with Crippen molar-refractivity contribution in [1.82, 2.24) is 0 Å². The van der Waals surface area contributed by atoms with Crippen LogP contribution in [0.5, 0.6) is 0 Å². The fourth-order valence-corrected chi connectivity index (χ4v) is 2.29. The predicted molar refractivity (Wildman–Crippen MR) is 70.9 cm³/mol. The number of rotatable bonds is 3. The lowest BCUT2D eigenvalue weighted by molar-refractivity contribution is -0.138. The molecule has 0 aliphatic carbocycles. The van der Waals surface area contributed by atoms with Crippen LogP contribution in [0.25, 0.3) is 0 Å². The first-order chi connectivity index (χ1) is 8.97. The Bertz CT molecular complexity index is 473. The molecule has 1 heterocycles. The first kappa shape index (κ1) is 14.2. The Morgan fingerprint density at radius 3 is 2.79 bits per heavy atom. The van der Waals surface area contributed by atoms with Crippen molar-refractivity contribution in [2.24, 2.45) is 0 Å². The number of halogens is 4. The second-order valence-corrected chi connectivity index (χ2v) is 5.13. The average molecular weight is 336 g/mol. The molecular weight excluding hydrogens is 323 g/mol. The molecule has 0 amide bonds. The Morgan fingerprint density at radius 2 is 2.16 bits per heavy atom. The maximum Gasteiger partial charge on any atom is 0.417 e. The zero-order chi connectivity index (χ0) is 13.9. The van der Waals surface area contributed by atoms with Crippen molar-refractivity contribution in [3.63, 3.8) is 0 Å². The standard InChI is InChI=1S/C13H13BrF3NO/c14-12-5-4-9(7-11(12)13(15,16)17)18-8-10-3-1-2-6-19-10/h2,4-7,10,18H,1,3,8H2. The van der Waals surface area contributed by atoms with E-state index in [-0.39, 0.29) is 10.6 Å². The van der Waals surface area contributed by atoms with E-state index in [0.29, 0.717) is 12.2 Å². The molecular formula is C13H13BrF3NO. The molecule has 104 valence electrons. The van der Waals surface area contributed by atoms with E-state index in [1.54, 1.807) is 12.3 Å². The van der Waals surface area contributed by atoms with E-state index in [4.69, 9.17) is 4.74 Å². The summed E-state index contributed by atoms with van der Waals surface area (Å²) in [6.45, 7) is 0.489. The predicted octanol–water partition coefficient (Wildman–Crippen LogP) is 4.57. The van der Waals surface area contributed by atoms with Gasteiger partial charge in [0, 0.05) is 10.2 Å². The Kier molecular flexibility index (Phi) is 4.39. The second kappa shape index (κ2) is 5.86. The lowest BCUT2D eigenvalue weighted by atomic mass is 10.1. The second-order valence-electron chi connectivity index (χ2n) is 4.28. The third kappa shape index (κ3) is 3.89. The fourth-order valence-electron chi connectivity index (χ4n) is 1.82. The fraction of sp³-hybridized carbons (Fsp3) is 0.385. The SMILES string of the molecule is FC(F)(F)c1cc(NCC2CCC=CO2)ccc1Br. The smallest absolute Gasteiger partial charge is 0.417 e. The molecule has 0 radical (unpaired) electrons. The van der Waals surface area contributed by atoms with E-state index in [1.165, 1.54) is 6.07 Å². The van der Waals surface area contributed by atoms with Crippen LogP contribution in [-0.4, -0.2) is 12.6 Å². The van der Waals surface area contributed by atoms with Crippen molar-refractivity contribution >= 4 is 21.6 Å². The van der Waals surface area contributed by atoms with Gasteiger partial charge in [0.25, 0.3) is 0 Å². The highest BCUT2D eigenvalue weighted by molar-refractivity contribution is 9.10. The van der Waals surface area contributed by atoms with Gasteiger partial charge in [-0.1, -0.05) is 15.9 Å². The molecule has 1 aromatic rings. The summed E-state index contributed by atoms with van der Waals surface area (Å²) in [6.07, 6.45) is 1.01. The number of allylic oxidation sites excluding steroid dienone is 1. The van der Waals surface area contributed by atoms with Gasteiger partial charge in [0.1, 0.15) is 6.10 Å². The highest BCUT2D eigenvalue weighted by Gasteiger charge is 2.33. The van der Waals surface area contributed by atoms with Crippen molar-refractivity contribution in [2.45, 2.75) is 25.1 Å². The van der Waals surface area contributed by atoms with Crippen molar-refractivity contribution in [2.75, 3.05) is 11.9 Å². The van der Waals surface area contributed by atoms with Crippen LogP contribution < -0.4 is 5.32 Å². The van der Waals surface area contributed by atoms with E-state index < -0.39 is 11.7 Å². The topological polar surface area (TPSA) is 21.3 Å². The van der Waals surface area contributed by atoms with E-state index in [9.17, 15) is 13.2 Å². The molecule has 0 saturated carbocycles. The molecule has 0 spiro atoms. The van der Waals surface area contributed by atoms with Gasteiger partial charge in [-0.15, -0.1) is 0 Å². The number of hydrogen-bond donors (Lipinski definition) is 1. The number of anilines is 1. The highest BCUT2D eigenvalue weighted by atomic mass is 79.9. The molecule has 1 N–H and O–H groups in total. The molecule has 2 rings (SSSR count). The normalized spacial score (nSPS) is 19.1. The van der Waals surface area contributed by atoms with Gasteiger partial charge in [-0.25, -0.2) is 0 Å². The first-order valence-electron chi connectivity index (χ1n) is 5.88. The summed E-state index contributed by atoms with van der Waals surface area (Å²) in [4.78, 5) is 0. The van der Waals surface area contributed by atoms with Crippen molar-refractivity contribution in [1.29, 1.82) is 0 Å². The molecule has 0 saturated heterocycles. The molecule has 1 atom stereocenters. The highest BCUT2D eigenvalue weighted by Crippen LogP contribution is 2.36. The van der Waals surface area contributed by atoms with Gasteiger partial charge in [0.05, 0.1) is 18.4 Å². The summed E-state index contributed by atoms with van der Waals surface area (Å²) in [5.41, 5.74) is -0.240. The third-order valence-corrected chi connectivity index (χ3v) is 3.52. The van der Waals surface area contributed by atoms with E-state index in [2.05, 4.69) is 21.2 Å². The summed E-state index contributed by atoms with van der Waals surface area (Å²) in [7, 11) is 0. The number of nitrogens with one attached hydrogen (secondary N) is 1. The zero-order valence-electron chi connectivity index (χ0n) is 10.0. The number of hydrogen-bond acceptors (Lipinski definition) is 2. The van der Waals surface area contributed by atoms with Crippen LogP contribution in [0.4, 0.5) is 18.9 Å². The van der Waals surface area contributed by atoms with Crippen LogP contribution in [0, 0.1) is 0 Å². The maximum absolute atomic E-state index is 12.7. The van der Waals surface area contributed by atoms with Gasteiger partial charge in [-0.3, -0.25) is 0 Å². The van der Waals surface area contributed by atoms with Crippen molar-refractivity contribution < 1.29 is 17.9 Å². The molecule has 0 fully saturated rings. The van der Waals surface area contributed by atoms with Gasteiger partial charge >= 0.3 is 6.18 Å². The quantitative estimate of drug-likeness (QED) is 0.873. The van der Waals surface area contributed by atoms with Gasteiger partial charge in [0.15, 0.2) is 0 Å². The van der Waals surface area contributed by atoms with Gasteiger partial charge in [-0.05, 0) is 37.1 Å². The Morgan fingerprint density at radius 1 is 1.37 bits per heavy atom. The largest absolute Gasteiger partial charge is 0.497 e. The molecule has 2 nitrogen and oxygen atoms in total. The first-order valence-corrected chi connectivity index (χ1v) is 6.67. The van der Waals surface area contributed by atoms with Crippen molar-refractivity contribution in [3.05, 3.63) is 40.6 Å². The van der Waals surface area contributed by atoms with Crippen LogP contribution in [-0.2, 0) is 10.9 Å². The Balaban J connectivity index is 2.03. The van der Waals surface area contributed by atoms with Gasteiger partial charge < -0.3 is 10.1 Å². The molecule has 6 heteroatoms. The summed E-state index contributed by atoms with van der Waals surface area (Å²) < 4.78 is 43.6. The minimum Gasteiger partial charge on any atom is -0.497 e. The van der Waals surface area contributed by atoms with Crippen LogP contribution in [0.1, 0.15) is 18.4 Å². The summed E-state index contributed by atoms with van der Waals surface area (Å²) >= 11 is 2.91. The number of benzene rings is 1. The van der Waals surface area contributed by atoms with E-state index in [0.717, 1.165) is 18.9 Å². The molecule has 0 bridgehead atoms. The maximum atomic E-state index is 12.7. The zero-order valence-corrected chi connectivity index (χ0v) is 11.6. The van der Waals surface area contributed by atoms with Crippen LogP contribution in [0.15, 0.2) is 35.0 Å². The minimum absolute atomic E-state index is 0.00276. The van der Waals surface area contributed by atoms with Crippen LogP contribution >= 0.6 is 15.9 Å². The summed E-state index contributed by atoms with van der Waals surface area (Å²) in [5, 5.41) is 2.97. The van der Waals surface area contributed by atoms with Crippen LogP contribution in [0.3, 0.4) is 0 Å². The van der Waals surface area contributed by atoms with Crippen molar-refractivity contribution in [3.8, 4) is 0 Å². The third-order valence-electron chi connectivity index (χ3n) is 2.83. The lowest BCUT2D eigenvalue weighted by Crippen LogP contribution is -2.23. The lowest BCUT2D eigenvalue weighted by Gasteiger charge is -2.20. The van der Waals surface area contributed by atoms with E-state index >= 15 is 0 Å². The van der Waals surface area contributed by atoms with E-state index in [1.807, 2.05) is 6.08 Å². The van der Waals surface area contributed by atoms with Gasteiger partial charge in [-0.2, -0.15) is 13.2 Å². The molecule has 0 aromatic heterocycles. The Hall–Kier alpha value is -1.17. The minimum atomic E-state index is -4.36. The number of ether oxygens (including phenoxy) is 1. The molecule has 19 heavy (non-hydrogen) atoms. The molecule has 1 unspecified atom stereocenters. The number of alkyl halides is 3. The average Bonchev–Trinajstić information content (AvgIpc) is 2.37. The van der Waals surface area contributed by atoms with Gasteiger partial charge in [0.2, 0.25) is 0 Å². The molecule has 1 aliphatic heterocycles. The molecule has 1 aliphatic rings.